The van der Waals surface area contributed by atoms with Crippen molar-refractivity contribution in [2.24, 2.45) is 0 Å². The third-order valence-corrected chi connectivity index (χ3v) is 2.94. The Hall–Kier alpha value is -1.01. The summed E-state index contributed by atoms with van der Waals surface area (Å²) in [5.41, 5.74) is 6.58. The number of hydrogen-bond donors (Lipinski definition) is 4. The van der Waals surface area contributed by atoms with Crippen molar-refractivity contribution in [2.75, 3.05) is 12.3 Å². The number of anilines is 1. The van der Waals surface area contributed by atoms with E-state index in [0.29, 0.717) is 27.8 Å². The van der Waals surface area contributed by atoms with Gasteiger partial charge >= 0.3 is 0 Å². The Balaban J connectivity index is 0.000000885. The van der Waals surface area contributed by atoms with Crippen molar-refractivity contribution in [3.63, 3.8) is 0 Å². The fourth-order valence-electron chi connectivity index (χ4n) is 1.32. The van der Waals surface area contributed by atoms with Gasteiger partial charge in [-0.2, -0.15) is 0 Å². The molecule has 5 nitrogen and oxygen atoms in total. The number of nitrogens with two attached hydrogens (primary N) is 1. The Morgan fingerprint density at radius 1 is 1.33 bits per heavy atom. The molecule has 21 heavy (non-hydrogen) atoms. The molecule has 0 saturated heterocycles. The van der Waals surface area contributed by atoms with Crippen LogP contribution in [0, 0.1) is 0 Å². The van der Waals surface area contributed by atoms with E-state index in [0.717, 1.165) is 6.92 Å². The molecule has 0 bridgehead atoms. The quantitative estimate of drug-likeness (QED) is 0.636. The van der Waals surface area contributed by atoms with E-state index in [-0.39, 0.29) is 5.54 Å². The Labute approximate surface area is 135 Å². The minimum Gasteiger partial charge on any atom is -0.481 e. The second-order valence-electron chi connectivity index (χ2n) is 5.56. The smallest absolute Gasteiger partial charge is 0.300 e. The molecular weight excluding hydrogens is 315 g/mol. The highest BCUT2D eigenvalue weighted by Gasteiger charge is 2.15. The van der Waals surface area contributed by atoms with E-state index >= 15 is 0 Å². The van der Waals surface area contributed by atoms with Gasteiger partial charge in [-0.15, -0.1) is 0 Å². The van der Waals surface area contributed by atoms with Crippen LogP contribution in [0.3, 0.4) is 0 Å². The van der Waals surface area contributed by atoms with Crippen LogP contribution in [0.2, 0.25) is 10.0 Å². The first-order chi connectivity index (χ1) is 9.44. The standard InChI is InChI=1S/C12H18Cl2N2O.C2H4O2/c1-12(2,3)16-6-10(17)7-4-8(13)11(15)9(14)5-7;1-2(3)4/h4-5,10,16-17H,6,15H2,1-3H3;1H3,(H,3,4). The summed E-state index contributed by atoms with van der Waals surface area (Å²) < 4.78 is 0. The second kappa shape index (κ2) is 8.44. The lowest BCUT2D eigenvalue weighted by Gasteiger charge is -2.23. The number of aliphatic hydroxyl groups is 1. The molecule has 0 aromatic heterocycles. The van der Waals surface area contributed by atoms with Gasteiger partial charge in [-0.1, -0.05) is 23.2 Å². The third-order valence-electron chi connectivity index (χ3n) is 2.31. The maximum atomic E-state index is 10.0. The van der Waals surface area contributed by atoms with E-state index in [4.69, 9.17) is 38.8 Å². The second-order valence-corrected chi connectivity index (χ2v) is 6.38. The van der Waals surface area contributed by atoms with Gasteiger partial charge < -0.3 is 21.3 Å². The molecule has 1 aromatic rings. The first-order valence-corrected chi connectivity index (χ1v) is 7.06. The van der Waals surface area contributed by atoms with Gasteiger partial charge in [0.05, 0.1) is 21.8 Å². The predicted molar refractivity (Wildman–Crippen MR) is 86.9 cm³/mol. The lowest BCUT2D eigenvalue weighted by atomic mass is 10.1. The van der Waals surface area contributed by atoms with Crippen LogP contribution in [-0.2, 0) is 4.79 Å². The van der Waals surface area contributed by atoms with Crippen LogP contribution in [0.15, 0.2) is 12.1 Å². The van der Waals surface area contributed by atoms with Crippen molar-refractivity contribution in [3.05, 3.63) is 27.7 Å². The fraction of sp³-hybridized carbons (Fsp3) is 0.500. The van der Waals surface area contributed by atoms with E-state index in [9.17, 15) is 5.11 Å². The summed E-state index contributed by atoms with van der Waals surface area (Å²) in [4.78, 5) is 9.00. The summed E-state index contributed by atoms with van der Waals surface area (Å²) in [7, 11) is 0. The number of nitrogen functional groups attached to an aromatic ring is 1. The van der Waals surface area contributed by atoms with Crippen LogP contribution < -0.4 is 11.1 Å². The average Bonchev–Trinajstić information content (AvgIpc) is 2.30. The molecule has 1 rings (SSSR count). The number of aliphatic hydroxyl groups excluding tert-OH is 1. The molecule has 5 N–H and O–H groups in total. The number of carboxylic acids is 1. The number of halogens is 2. The van der Waals surface area contributed by atoms with Gasteiger partial charge in [0.15, 0.2) is 0 Å². The van der Waals surface area contributed by atoms with E-state index in [1.165, 1.54) is 0 Å². The van der Waals surface area contributed by atoms with Gasteiger partial charge in [-0.05, 0) is 38.5 Å². The number of β-amino-alcohol motifs (C(OH)–C–C–N with tert-alkyl or cyclic N) is 1. The van der Waals surface area contributed by atoms with Crippen LogP contribution in [0.5, 0.6) is 0 Å². The number of carbonyl (C=O) groups is 1. The molecule has 1 aromatic carbocycles. The van der Waals surface area contributed by atoms with E-state index < -0.39 is 12.1 Å². The number of nitrogens with one attached hydrogen (secondary N) is 1. The van der Waals surface area contributed by atoms with Crippen molar-refractivity contribution >= 4 is 34.9 Å². The highest BCUT2D eigenvalue weighted by atomic mass is 35.5. The molecule has 1 atom stereocenters. The number of carboxylic acid groups (broad SMARTS) is 1. The highest BCUT2D eigenvalue weighted by Crippen LogP contribution is 2.31. The zero-order chi connectivity index (χ0) is 16.8. The maximum Gasteiger partial charge on any atom is 0.300 e. The molecule has 0 spiro atoms. The average molecular weight is 337 g/mol. The third kappa shape index (κ3) is 8.78. The molecule has 0 saturated carbocycles. The van der Waals surface area contributed by atoms with Crippen molar-refractivity contribution in [3.8, 4) is 0 Å². The molecule has 0 aliphatic heterocycles. The lowest BCUT2D eigenvalue weighted by molar-refractivity contribution is -0.134. The van der Waals surface area contributed by atoms with Crippen LogP contribution in [0.25, 0.3) is 0 Å². The normalized spacial score (nSPS) is 12.3. The molecule has 0 amide bonds. The van der Waals surface area contributed by atoms with Gasteiger partial charge in [0.25, 0.3) is 5.97 Å². The van der Waals surface area contributed by atoms with E-state index in [2.05, 4.69) is 5.32 Å². The molecule has 1 unspecified atom stereocenters. The Kier molecular flexibility index (Phi) is 8.03. The minimum absolute atomic E-state index is 0.0532. The van der Waals surface area contributed by atoms with Gasteiger partial charge in [-0.3, -0.25) is 4.79 Å². The molecular formula is C14H22Cl2N2O3. The fourth-order valence-corrected chi connectivity index (χ4v) is 1.82. The summed E-state index contributed by atoms with van der Waals surface area (Å²) >= 11 is 11.8. The molecule has 0 aliphatic carbocycles. The van der Waals surface area contributed by atoms with Crippen molar-refractivity contribution in [1.82, 2.24) is 5.32 Å². The maximum absolute atomic E-state index is 10.0. The summed E-state index contributed by atoms with van der Waals surface area (Å²) in [6.07, 6.45) is -0.662. The van der Waals surface area contributed by atoms with Crippen LogP contribution in [0.1, 0.15) is 39.4 Å². The van der Waals surface area contributed by atoms with Gasteiger partial charge in [0.1, 0.15) is 0 Å². The van der Waals surface area contributed by atoms with Crippen LogP contribution in [0.4, 0.5) is 5.69 Å². The van der Waals surface area contributed by atoms with Gasteiger partial charge in [0, 0.05) is 19.0 Å². The predicted octanol–water partition coefficient (Wildman–Crippen LogP) is 3.09. The SMILES string of the molecule is CC(=O)O.CC(C)(C)NCC(O)c1cc(Cl)c(N)c(Cl)c1. The van der Waals surface area contributed by atoms with Crippen LogP contribution in [-0.4, -0.2) is 28.3 Å². The van der Waals surface area contributed by atoms with Crippen molar-refractivity contribution < 1.29 is 15.0 Å². The number of aliphatic carboxylic acids is 1. The van der Waals surface area contributed by atoms with Crippen molar-refractivity contribution in [2.45, 2.75) is 39.3 Å². The zero-order valence-electron chi connectivity index (χ0n) is 12.6. The summed E-state index contributed by atoms with van der Waals surface area (Å²) in [6, 6.07) is 3.27. The molecule has 0 radical (unpaired) electrons. The largest absolute Gasteiger partial charge is 0.481 e. The Morgan fingerprint density at radius 3 is 2.05 bits per heavy atom. The zero-order valence-corrected chi connectivity index (χ0v) is 14.1. The summed E-state index contributed by atoms with van der Waals surface area (Å²) in [5.74, 6) is -0.833. The minimum atomic E-state index is -0.833. The molecule has 0 aliphatic rings. The van der Waals surface area contributed by atoms with Crippen LogP contribution >= 0.6 is 23.2 Å². The van der Waals surface area contributed by atoms with Gasteiger partial charge in [0.2, 0.25) is 0 Å². The monoisotopic (exact) mass is 336 g/mol. The van der Waals surface area contributed by atoms with E-state index in [1.54, 1.807) is 12.1 Å². The summed E-state index contributed by atoms with van der Waals surface area (Å²) in [5, 5.41) is 21.4. The first-order valence-electron chi connectivity index (χ1n) is 6.31. The van der Waals surface area contributed by atoms with Gasteiger partial charge in [-0.25, -0.2) is 0 Å². The summed E-state index contributed by atoms with van der Waals surface area (Å²) in [6.45, 7) is 7.61. The topological polar surface area (TPSA) is 95.6 Å². The van der Waals surface area contributed by atoms with Crippen molar-refractivity contribution in [1.29, 1.82) is 0 Å². The van der Waals surface area contributed by atoms with E-state index in [1.807, 2.05) is 20.8 Å². The number of benzene rings is 1. The lowest BCUT2D eigenvalue weighted by Crippen LogP contribution is -2.38. The highest BCUT2D eigenvalue weighted by molar-refractivity contribution is 6.38. The molecule has 7 heteroatoms. The molecule has 0 heterocycles. The Morgan fingerprint density at radius 2 is 1.71 bits per heavy atom. The molecule has 120 valence electrons. The number of rotatable bonds is 3. The number of hydrogen-bond acceptors (Lipinski definition) is 4. The first kappa shape index (κ1) is 20.0. The Bertz CT molecular complexity index is 461. The molecule has 0 fully saturated rings.